The molecule has 0 amide bonds. The molecule has 3 nitrogen and oxygen atoms in total. The van der Waals surface area contributed by atoms with Gasteiger partial charge in [0, 0.05) is 22.4 Å². The molecule has 0 fully saturated rings. The predicted octanol–water partition coefficient (Wildman–Crippen LogP) is 12.3. The van der Waals surface area contributed by atoms with Gasteiger partial charge >= 0.3 is 0 Å². The maximum Gasteiger partial charge on any atom is 0.137 e. The zero-order valence-electron chi connectivity index (χ0n) is 23.8. The molecule has 8 rings (SSSR count). The molecule has 44 heavy (non-hydrogen) atoms. The topological polar surface area (TPSA) is 19.6 Å². The van der Waals surface area contributed by atoms with Crippen LogP contribution >= 0.6 is 11.6 Å². The molecule has 1 aromatic heterocycles. The standard InChI is InChI=1S/C40H27ClN2O/c41-40-35(42(30-16-4-1-5-17-30)31-18-6-2-7-19-31)23-12-24-36(40)43(32-20-8-3-9-21-32)34-22-13-25-37-39(34)33-26-28-14-10-11-15-29(28)27-38(33)44-37/h1-27H. The van der Waals surface area contributed by atoms with Gasteiger partial charge in [0.15, 0.2) is 0 Å². The molecule has 0 bridgehead atoms. The van der Waals surface area contributed by atoms with Crippen molar-refractivity contribution in [1.29, 1.82) is 0 Å². The summed E-state index contributed by atoms with van der Waals surface area (Å²) in [4.78, 5) is 4.45. The Morgan fingerprint density at radius 1 is 0.409 bits per heavy atom. The molecule has 4 heteroatoms. The average Bonchev–Trinajstić information content (AvgIpc) is 3.45. The van der Waals surface area contributed by atoms with Crippen LogP contribution in [0.1, 0.15) is 0 Å². The number of hydrogen-bond acceptors (Lipinski definition) is 3. The number of rotatable bonds is 6. The van der Waals surface area contributed by atoms with Gasteiger partial charge in [-0.05, 0) is 83.6 Å². The Balaban J connectivity index is 1.39. The van der Waals surface area contributed by atoms with E-state index >= 15 is 0 Å². The van der Waals surface area contributed by atoms with E-state index in [9.17, 15) is 0 Å². The smallest absolute Gasteiger partial charge is 0.137 e. The third-order valence-corrected chi connectivity index (χ3v) is 8.45. The van der Waals surface area contributed by atoms with Crippen LogP contribution in [0.2, 0.25) is 5.02 Å². The van der Waals surface area contributed by atoms with Crippen LogP contribution in [0.5, 0.6) is 0 Å². The lowest BCUT2D eigenvalue weighted by molar-refractivity contribution is 0.669. The molecule has 0 N–H and O–H groups in total. The van der Waals surface area contributed by atoms with Crippen molar-refractivity contribution < 1.29 is 4.42 Å². The monoisotopic (exact) mass is 586 g/mol. The number of hydrogen-bond donors (Lipinski definition) is 0. The van der Waals surface area contributed by atoms with E-state index in [1.807, 2.05) is 54.6 Å². The van der Waals surface area contributed by atoms with Crippen molar-refractivity contribution in [3.05, 3.63) is 169 Å². The highest BCUT2D eigenvalue weighted by molar-refractivity contribution is 6.37. The summed E-state index contributed by atoms with van der Waals surface area (Å²) in [6, 6.07) is 56.3. The van der Waals surface area contributed by atoms with Gasteiger partial charge in [-0.25, -0.2) is 0 Å². The van der Waals surface area contributed by atoms with E-state index in [4.69, 9.17) is 16.0 Å². The second kappa shape index (κ2) is 11.0. The van der Waals surface area contributed by atoms with Crippen molar-refractivity contribution in [2.45, 2.75) is 0 Å². The second-order valence-electron chi connectivity index (χ2n) is 10.7. The fraction of sp³-hybridized carbons (Fsp3) is 0. The fourth-order valence-corrected chi connectivity index (χ4v) is 6.39. The molecule has 8 aromatic rings. The van der Waals surface area contributed by atoms with Gasteiger partial charge in [0.2, 0.25) is 0 Å². The molecule has 0 atom stereocenters. The van der Waals surface area contributed by atoms with E-state index in [1.165, 1.54) is 5.39 Å². The zero-order chi connectivity index (χ0) is 29.5. The number of nitrogens with zero attached hydrogens (tertiary/aromatic N) is 2. The molecule has 0 spiro atoms. The molecule has 1 heterocycles. The Morgan fingerprint density at radius 3 is 1.50 bits per heavy atom. The fourth-order valence-electron chi connectivity index (χ4n) is 6.10. The Bertz CT molecular complexity index is 2210. The van der Waals surface area contributed by atoms with Crippen molar-refractivity contribution in [3.8, 4) is 0 Å². The first-order chi connectivity index (χ1) is 21.8. The highest BCUT2D eigenvalue weighted by Crippen LogP contribution is 2.49. The summed E-state index contributed by atoms with van der Waals surface area (Å²) >= 11 is 7.51. The third kappa shape index (κ3) is 4.46. The van der Waals surface area contributed by atoms with E-state index in [2.05, 4.69) is 119 Å². The first-order valence-electron chi connectivity index (χ1n) is 14.6. The second-order valence-corrected chi connectivity index (χ2v) is 11.1. The van der Waals surface area contributed by atoms with Gasteiger partial charge in [0.1, 0.15) is 11.2 Å². The van der Waals surface area contributed by atoms with Gasteiger partial charge in [-0.3, -0.25) is 0 Å². The van der Waals surface area contributed by atoms with Crippen LogP contribution in [0.15, 0.2) is 168 Å². The summed E-state index contributed by atoms with van der Waals surface area (Å²) in [5.74, 6) is 0. The van der Waals surface area contributed by atoms with Gasteiger partial charge < -0.3 is 14.2 Å². The Kier molecular flexibility index (Phi) is 6.51. The Labute approximate surface area is 260 Å². The van der Waals surface area contributed by atoms with Crippen molar-refractivity contribution in [2.24, 2.45) is 0 Å². The summed E-state index contributed by atoms with van der Waals surface area (Å²) in [6.45, 7) is 0. The molecule has 0 aliphatic rings. The van der Waals surface area contributed by atoms with E-state index in [0.29, 0.717) is 5.02 Å². The largest absolute Gasteiger partial charge is 0.456 e. The van der Waals surface area contributed by atoms with Gasteiger partial charge in [0.25, 0.3) is 0 Å². The van der Waals surface area contributed by atoms with Crippen LogP contribution in [0, 0.1) is 0 Å². The van der Waals surface area contributed by atoms with Crippen LogP contribution in [0.4, 0.5) is 34.1 Å². The third-order valence-electron chi connectivity index (χ3n) is 8.07. The summed E-state index contributed by atoms with van der Waals surface area (Å²) in [7, 11) is 0. The molecule has 7 aromatic carbocycles. The maximum atomic E-state index is 7.51. The zero-order valence-corrected chi connectivity index (χ0v) is 24.5. The Morgan fingerprint density at radius 2 is 0.886 bits per heavy atom. The number of benzene rings is 7. The van der Waals surface area contributed by atoms with Crippen molar-refractivity contribution >= 4 is 78.4 Å². The number of fused-ring (bicyclic) bond motifs is 4. The summed E-state index contributed by atoms with van der Waals surface area (Å²) in [5.41, 5.74) is 7.49. The van der Waals surface area contributed by atoms with Crippen molar-refractivity contribution in [3.63, 3.8) is 0 Å². The van der Waals surface area contributed by atoms with Crippen LogP contribution in [-0.2, 0) is 0 Å². The minimum Gasteiger partial charge on any atom is -0.456 e. The molecule has 0 aliphatic carbocycles. The highest BCUT2D eigenvalue weighted by atomic mass is 35.5. The predicted molar refractivity (Wildman–Crippen MR) is 186 cm³/mol. The van der Waals surface area contributed by atoms with Crippen molar-refractivity contribution in [2.75, 3.05) is 9.80 Å². The summed E-state index contributed by atoms with van der Waals surface area (Å²) < 4.78 is 6.46. The van der Waals surface area contributed by atoms with Crippen LogP contribution in [0.25, 0.3) is 32.7 Å². The molecule has 0 radical (unpaired) electrons. The Hall–Kier alpha value is -5.51. The number of halogens is 1. The molecule has 0 saturated heterocycles. The van der Waals surface area contributed by atoms with E-state index in [0.717, 1.165) is 61.4 Å². The quantitative estimate of drug-likeness (QED) is 0.193. The summed E-state index contributed by atoms with van der Waals surface area (Å²) in [6.07, 6.45) is 0. The molecule has 0 aliphatic heterocycles. The number of furan rings is 1. The van der Waals surface area contributed by atoms with E-state index in [1.54, 1.807) is 0 Å². The van der Waals surface area contributed by atoms with Crippen LogP contribution < -0.4 is 9.80 Å². The van der Waals surface area contributed by atoms with Crippen LogP contribution in [-0.4, -0.2) is 0 Å². The summed E-state index contributed by atoms with van der Waals surface area (Å²) in [5, 5.41) is 5.07. The first kappa shape index (κ1) is 26.1. The maximum absolute atomic E-state index is 7.51. The van der Waals surface area contributed by atoms with Crippen molar-refractivity contribution in [1.82, 2.24) is 0 Å². The molecular weight excluding hydrogens is 560 g/mol. The average molecular weight is 587 g/mol. The highest BCUT2D eigenvalue weighted by Gasteiger charge is 2.24. The number of para-hydroxylation sites is 3. The molecule has 0 unspecified atom stereocenters. The SMILES string of the molecule is Clc1c(N(c2ccccc2)c2ccccc2)cccc1N(c1ccccc1)c1cccc2oc3cc4ccccc4cc3c12. The van der Waals surface area contributed by atoms with Gasteiger partial charge in [-0.1, -0.05) is 103 Å². The molecular formula is C40H27ClN2O. The lowest BCUT2D eigenvalue weighted by atomic mass is 10.0. The van der Waals surface area contributed by atoms with E-state index in [-0.39, 0.29) is 0 Å². The minimum absolute atomic E-state index is 0.638. The lowest BCUT2D eigenvalue weighted by Gasteiger charge is -2.31. The lowest BCUT2D eigenvalue weighted by Crippen LogP contribution is -2.14. The number of anilines is 6. The van der Waals surface area contributed by atoms with Gasteiger partial charge in [0.05, 0.1) is 27.5 Å². The minimum atomic E-state index is 0.638. The van der Waals surface area contributed by atoms with E-state index < -0.39 is 0 Å². The van der Waals surface area contributed by atoms with Gasteiger partial charge in [-0.15, -0.1) is 0 Å². The van der Waals surface area contributed by atoms with Gasteiger partial charge in [-0.2, -0.15) is 0 Å². The first-order valence-corrected chi connectivity index (χ1v) is 15.0. The normalized spacial score (nSPS) is 11.3. The molecule has 210 valence electrons. The molecule has 0 saturated carbocycles. The van der Waals surface area contributed by atoms with Crippen LogP contribution in [0.3, 0.4) is 0 Å².